The van der Waals surface area contributed by atoms with Gasteiger partial charge in [0, 0.05) is 0 Å². The van der Waals surface area contributed by atoms with Crippen LogP contribution in [0.1, 0.15) is 0 Å². The van der Waals surface area contributed by atoms with E-state index < -0.39 is 59.7 Å². The van der Waals surface area contributed by atoms with Crippen molar-refractivity contribution in [2.75, 3.05) is 0 Å². The fraction of sp³-hybridized carbons (Fsp3) is 1.00. The maximum Gasteiger partial charge on any atom is 0.460 e. The van der Waals surface area contributed by atoms with E-state index in [0.29, 0.717) is 0 Å². The van der Waals surface area contributed by atoms with Crippen LogP contribution in [0.5, 0.6) is 0 Å². The number of rotatable bonds is 6. The second-order valence-electron chi connectivity index (χ2n) is 5.65. The Hall–Kier alpha value is -1.51. The molecule has 0 aliphatic rings. The Morgan fingerprint density at radius 1 is 0.250 bits per heavy atom. The fourth-order valence-electron chi connectivity index (χ4n) is 1.81. The number of hydrogen-bond donors (Lipinski definition) is 1. The molecular weight excluding hydrogens is 535 g/mol. The van der Waals surface area contributed by atoms with E-state index in [1.807, 2.05) is 0 Å². The predicted octanol–water partition coefficient (Wildman–Crippen LogP) is 6.22. The van der Waals surface area contributed by atoms with Crippen molar-refractivity contribution in [3.8, 4) is 0 Å². The summed E-state index contributed by atoms with van der Waals surface area (Å²) in [5.74, 6) is -54.4. The molecule has 0 rings (SSSR count). The van der Waals surface area contributed by atoms with Crippen LogP contribution in [0, 0.1) is 0 Å². The minimum atomic E-state index is -9.40. The second kappa shape index (κ2) is 7.00. The van der Waals surface area contributed by atoms with E-state index in [4.69, 9.17) is 5.11 Å². The third-order valence-corrected chi connectivity index (χ3v) is 3.61. The highest BCUT2D eigenvalue weighted by Gasteiger charge is 3.01. The molecule has 0 spiro atoms. The molecule has 0 aromatic rings. The first-order chi connectivity index (χ1) is 13.2. The molecule has 0 bridgehead atoms. The van der Waals surface area contributed by atoms with Crippen LogP contribution in [-0.2, 0) is 0 Å². The first kappa shape index (κ1) is 30.5. The molecule has 22 heteroatoms. The molecule has 194 valence electrons. The van der Waals surface area contributed by atoms with Crippen molar-refractivity contribution in [2.45, 2.75) is 59.7 Å². The highest BCUT2D eigenvalue weighted by atomic mass is 19.4. The van der Waals surface area contributed by atoms with Gasteiger partial charge in [0.15, 0.2) is 0 Å². The van der Waals surface area contributed by atoms with Crippen molar-refractivity contribution in [3.05, 3.63) is 0 Å². The molecule has 1 N–H and O–H groups in total. The minimum Gasteiger partial charge on any atom is -0.373 e. The molecule has 0 atom stereocenters. The van der Waals surface area contributed by atoms with E-state index in [-0.39, 0.29) is 0 Å². The first-order valence-electron chi connectivity index (χ1n) is 6.44. The highest BCUT2D eigenvalue weighted by molar-refractivity contribution is 5.24. The second-order valence-corrected chi connectivity index (χ2v) is 5.65. The predicted molar refractivity (Wildman–Crippen MR) is 52.8 cm³/mol. The van der Waals surface area contributed by atoms with Crippen molar-refractivity contribution in [2.24, 2.45) is 0 Å². The molecule has 0 amide bonds. The van der Waals surface area contributed by atoms with Crippen molar-refractivity contribution >= 4 is 0 Å². The first-order valence-corrected chi connectivity index (χ1v) is 6.44. The average Bonchev–Trinajstić information content (AvgIpc) is 2.49. The molecule has 0 fully saturated rings. The van der Waals surface area contributed by atoms with E-state index in [0.717, 1.165) is 0 Å². The SMILES string of the molecule is OC(C(F)(F)C(F)(F)C(F)(F)F)(C(F)(F)C(F)(F)C(F)(F)F)C(F)(F)C(F)(F)C(F)(F)F. The van der Waals surface area contributed by atoms with Crippen LogP contribution < -0.4 is 0 Å². The summed E-state index contributed by atoms with van der Waals surface area (Å²) >= 11 is 0. The maximum absolute atomic E-state index is 13.5. The molecule has 0 unspecified atom stereocenters. The van der Waals surface area contributed by atoms with E-state index in [1.165, 1.54) is 0 Å². The number of aliphatic hydroxyl groups is 1. The van der Waals surface area contributed by atoms with Gasteiger partial charge in [-0.15, -0.1) is 0 Å². The monoisotopic (exact) mass is 536 g/mol. The van der Waals surface area contributed by atoms with Gasteiger partial charge in [-0.3, -0.25) is 0 Å². The zero-order chi connectivity index (χ0) is 27.0. The largest absolute Gasteiger partial charge is 0.460 e. The zero-order valence-electron chi connectivity index (χ0n) is 13.4. The third-order valence-electron chi connectivity index (χ3n) is 3.61. The summed E-state index contributed by atoms with van der Waals surface area (Å²) in [5, 5.41) is 8.50. The summed E-state index contributed by atoms with van der Waals surface area (Å²) < 4.78 is 267. The topological polar surface area (TPSA) is 20.2 Å². The normalized spacial score (nSPS) is 17.1. The van der Waals surface area contributed by atoms with Gasteiger partial charge in [-0.25, -0.2) is 0 Å². The number of alkyl halides is 21. The van der Waals surface area contributed by atoms with Crippen LogP contribution >= 0.6 is 0 Å². The Labute approximate surface area is 158 Å². The Morgan fingerprint density at radius 2 is 0.375 bits per heavy atom. The molecule has 0 radical (unpaired) electrons. The molecule has 0 aromatic carbocycles. The Morgan fingerprint density at radius 3 is 0.469 bits per heavy atom. The molecule has 0 saturated carbocycles. The summed E-state index contributed by atoms with van der Waals surface area (Å²) in [7, 11) is 0. The van der Waals surface area contributed by atoms with E-state index >= 15 is 0 Å². The molecule has 0 aliphatic heterocycles. The van der Waals surface area contributed by atoms with Crippen molar-refractivity contribution in [1.29, 1.82) is 0 Å². The van der Waals surface area contributed by atoms with Gasteiger partial charge < -0.3 is 5.11 Å². The number of hydrogen-bond acceptors (Lipinski definition) is 1. The molecule has 32 heavy (non-hydrogen) atoms. The highest BCUT2D eigenvalue weighted by Crippen LogP contribution is 2.67. The van der Waals surface area contributed by atoms with E-state index in [9.17, 15) is 92.2 Å². The van der Waals surface area contributed by atoms with Crippen LogP contribution in [0.3, 0.4) is 0 Å². The summed E-state index contributed by atoms with van der Waals surface area (Å²) in [5.41, 5.74) is -9.40. The standard InChI is InChI=1S/C10HF21O/c11-2(12,5(17,18)8(23,24)25)1(32,3(13,14)6(19,20)9(26,27)28)4(15,16)7(21,22)10(29,30)31/h32H. The van der Waals surface area contributed by atoms with E-state index in [1.54, 1.807) is 0 Å². The Balaban J connectivity index is 7.89. The molecule has 0 aromatic heterocycles. The molecule has 0 saturated heterocycles. The average molecular weight is 536 g/mol. The van der Waals surface area contributed by atoms with Gasteiger partial charge in [0.2, 0.25) is 0 Å². The fourth-order valence-corrected chi connectivity index (χ4v) is 1.81. The van der Waals surface area contributed by atoms with Gasteiger partial charge in [-0.1, -0.05) is 0 Å². The summed E-state index contributed by atoms with van der Waals surface area (Å²) in [6, 6.07) is 0. The van der Waals surface area contributed by atoms with Gasteiger partial charge in [0.05, 0.1) is 0 Å². The van der Waals surface area contributed by atoms with Crippen LogP contribution in [0.15, 0.2) is 0 Å². The maximum atomic E-state index is 13.5. The Kier molecular flexibility index (Phi) is 6.67. The molecule has 0 aliphatic carbocycles. The van der Waals surface area contributed by atoms with Crippen molar-refractivity contribution < 1.29 is 97.3 Å². The van der Waals surface area contributed by atoms with Gasteiger partial charge in [-0.05, 0) is 0 Å². The van der Waals surface area contributed by atoms with Gasteiger partial charge in [0.1, 0.15) is 0 Å². The van der Waals surface area contributed by atoms with Gasteiger partial charge in [0.25, 0.3) is 5.60 Å². The van der Waals surface area contributed by atoms with Crippen LogP contribution in [0.4, 0.5) is 92.2 Å². The van der Waals surface area contributed by atoms with Crippen molar-refractivity contribution in [3.63, 3.8) is 0 Å². The summed E-state index contributed by atoms with van der Waals surface area (Å²) in [6.45, 7) is 0. The third kappa shape index (κ3) is 3.41. The lowest BCUT2D eigenvalue weighted by molar-refractivity contribution is -0.503. The lowest BCUT2D eigenvalue weighted by atomic mass is 9.73. The van der Waals surface area contributed by atoms with Crippen LogP contribution in [0.2, 0.25) is 0 Å². The van der Waals surface area contributed by atoms with E-state index in [2.05, 4.69) is 0 Å². The molecule has 1 nitrogen and oxygen atoms in total. The quantitative estimate of drug-likeness (QED) is 0.401. The smallest absolute Gasteiger partial charge is 0.373 e. The summed E-state index contributed by atoms with van der Waals surface area (Å²) in [4.78, 5) is 0. The lowest BCUT2D eigenvalue weighted by Crippen LogP contribution is -2.84. The lowest BCUT2D eigenvalue weighted by Gasteiger charge is -2.50. The van der Waals surface area contributed by atoms with Gasteiger partial charge in [-0.2, -0.15) is 92.2 Å². The number of halogens is 21. The minimum absolute atomic E-state index is 8.28. The molecule has 0 heterocycles. The molecular formula is C10HF21O. The Bertz CT molecular complexity index is 596. The van der Waals surface area contributed by atoms with Gasteiger partial charge >= 0.3 is 54.1 Å². The van der Waals surface area contributed by atoms with Crippen molar-refractivity contribution in [1.82, 2.24) is 0 Å². The van der Waals surface area contributed by atoms with Crippen LogP contribution in [0.25, 0.3) is 0 Å². The van der Waals surface area contributed by atoms with Crippen LogP contribution in [-0.4, -0.2) is 64.8 Å². The summed E-state index contributed by atoms with van der Waals surface area (Å²) in [6.07, 6.45) is -24.8. The zero-order valence-corrected chi connectivity index (χ0v) is 13.4.